The molecule has 1 aromatic carbocycles. The van der Waals surface area contributed by atoms with Gasteiger partial charge in [0.05, 0.1) is 5.69 Å². The molecule has 3 rings (SSSR count). The SMILES string of the molecule is Fc1cccc(CCl)c1N1CCC2(CCCC2)CC1. The van der Waals surface area contributed by atoms with Crippen LogP contribution in [0.15, 0.2) is 18.2 Å². The van der Waals surface area contributed by atoms with Gasteiger partial charge in [-0.3, -0.25) is 0 Å². The lowest BCUT2D eigenvalue weighted by Crippen LogP contribution is -2.39. The number of anilines is 1. The van der Waals surface area contributed by atoms with Crippen molar-refractivity contribution in [2.75, 3.05) is 18.0 Å². The maximum atomic E-state index is 14.1. The van der Waals surface area contributed by atoms with E-state index in [0.717, 1.165) is 24.3 Å². The molecule has 1 saturated carbocycles. The van der Waals surface area contributed by atoms with Gasteiger partial charge in [-0.05, 0) is 42.7 Å². The van der Waals surface area contributed by atoms with E-state index in [1.165, 1.54) is 38.5 Å². The third-order valence-corrected chi connectivity index (χ3v) is 5.31. The second kappa shape index (κ2) is 5.32. The number of nitrogens with zero attached hydrogens (tertiary/aromatic N) is 1. The van der Waals surface area contributed by atoms with E-state index in [1.54, 1.807) is 12.1 Å². The smallest absolute Gasteiger partial charge is 0.146 e. The van der Waals surface area contributed by atoms with Crippen molar-refractivity contribution in [2.45, 2.75) is 44.4 Å². The van der Waals surface area contributed by atoms with Crippen LogP contribution in [0.1, 0.15) is 44.1 Å². The summed E-state index contributed by atoms with van der Waals surface area (Å²) in [6.07, 6.45) is 7.94. The van der Waals surface area contributed by atoms with Crippen molar-refractivity contribution in [2.24, 2.45) is 5.41 Å². The van der Waals surface area contributed by atoms with Crippen LogP contribution >= 0.6 is 11.6 Å². The summed E-state index contributed by atoms with van der Waals surface area (Å²) in [4.78, 5) is 2.20. The summed E-state index contributed by atoms with van der Waals surface area (Å²) in [5, 5.41) is 0. The maximum Gasteiger partial charge on any atom is 0.146 e. The molecule has 1 aliphatic heterocycles. The van der Waals surface area contributed by atoms with E-state index in [4.69, 9.17) is 11.6 Å². The molecule has 0 atom stereocenters. The van der Waals surface area contributed by atoms with Crippen LogP contribution in [0.5, 0.6) is 0 Å². The number of hydrogen-bond donors (Lipinski definition) is 0. The number of rotatable bonds is 2. The number of alkyl halides is 1. The molecule has 1 aliphatic carbocycles. The van der Waals surface area contributed by atoms with E-state index in [0.29, 0.717) is 11.3 Å². The predicted octanol–water partition coefficient (Wildman–Crippen LogP) is 4.73. The summed E-state index contributed by atoms with van der Waals surface area (Å²) in [6, 6.07) is 5.23. The Morgan fingerprint density at radius 3 is 2.42 bits per heavy atom. The van der Waals surface area contributed by atoms with Crippen LogP contribution in [-0.2, 0) is 5.88 Å². The normalized spacial score (nSPS) is 22.1. The zero-order chi connectivity index (χ0) is 13.3. The molecule has 0 aromatic heterocycles. The fraction of sp³-hybridized carbons (Fsp3) is 0.625. The van der Waals surface area contributed by atoms with Gasteiger partial charge in [0, 0.05) is 19.0 Å². The Labute approximate surface area is 119 Å². The molecule has 104 valence electrons. The van der Waals surface area contributed by atoms with Gasteiger partial charge in [0.25, 0.3) is 0 Å². The fourth-order valence-electron chi connectivity index (χ4n) is 3.85. The van der Waals surface area contributed by atoms with E-state index >= 15 is 0 Å². The lowest BCUT2D eigenvalue weighted by Gasteiger charge is -2.41. The molecule has 1 saturated heterocycles. The zero-order valence-corrected chi connectivity index (χ0v) is 12.1. The second-order valence-corrected chi connectivity index (χ2v) is 6.34. The highest BCUT2D eigenvalue weighted by Crippen LogP contribution is 2.47. The number of halogens is 2. The van der Waals surface area contributed by atoms with E-state index in [9.17, 15) is 4.39 Å². The zero-order valence-electron chi connectivity index (χ0n) is 11.3. The molecular formula is C16H21ClFN. The van der Waals surface area contributed by atoms with Crippen LogP contribution in [0.25, 0.3) is 0 Å². The average molecular weight is 282 g/mol. The largest absolute Gasteiger partial charge is 0.369 e. The predicted molar refractivity (Wildman–Crippen MR) is 78.3 cm³/mol. The molecule has 0 N–H and O–H groups in total. The van der Waals surface area contributed by atoms with E-state index in [2.05, 4.69) is 4.90 Å². The van der Waals surface area contributed by atoms with Gasteiger partial charge >= 0.3 is 0 Å². The Morgan fingerprint density at radius 1 is 1.11 bits per heavy atom. The summed E-state index contributed by atoms with van der Waals surface area (Å²) in [5.74, 6) is 0.259. The molecule has 0 amide bonds. The van der Waals surface area contributed by atoms with Crippen molar-refractivity contribution in [3.05, 3.63) is 29.6 Å². The number of piperidine rings is 1. The molecule has 0 unspecified atom stereocenters. The van der Waals surface area contributed by atoms with Crippen LogP contribution < -0.4 is 4.90 Å². The Morgan fingerprint density at radius 2 is 1.79 bits per heavy atom. The fourth-order valence-corrected chi connectivity index (χ4v) is 4.07. The summed E-state index contributed by atoms with van der Waals surface area (Å²) in [5.41, 5.74) is 2.23. The highest BCUT2D eigenvalue weighted by Gasteiger charge is 2.37. The molecule has 0 radical (unpaired) electrons. The average Bonchev–Trinajstić information content (AvgIpc) is 2.88. The lowest BCUT2D eigenvalue weighted by molar-refractivity contribution is 0.226. The Bertz CT molecular complexity index is 444. The molecule has 1 aromatic rings. The van der Waals surface area contributed by atoms with Crippen molar-refractivity contribution in [3.63, 3.8) is 0 Å². The number of hydrogen-bond acceptors (Lipinski definition) is 1. The van der Waals surface area contributed by atoms with Crippen LogP contribution in [0.4, 0.5) is 10.1 Å². The summed E-state index contributed by atoms with van der Waals surface area (Å²) < 4.78 is 14.1. The minimum Gasteiger partial charge on any atom is -0.369 e. The topological polar surface area (TPSA) is 3.24 Å². The van der Waals surface area contributed by atoms with Gasteiger partial charge in [0.2, 0.25) is 0 Å². The van der Waals surface area contributed by atoms with Crippen molar-refractivity contribution in [1.29, 1.82) is 0 Å². The van der Waals surface area contributed by atoms with Crippen molar-refractivity contribution < 1.29 is 4.39 Å². The highest BCUT2D eigenvalue weighted by atomic mass is 35.5. The Balaban J connectivity index is 1.78. The van der Waals surface area contributed by atoms with Crippen LogP contribution in [0.3, 0.4) is 0 Å². The molecule has 1 heterocycles. The van der Waals surface area contributed by atoms with Crippen LogP contribution in [0, 0.1) is 11.2 Å². The van der Waals surface area contributed by atoms with Crippen LogP contribution in [-0.4, -0.2) is 13.1 Å². The van der Waals surface area contributed by atoms with E-state index < -0.39 is 0 Å². The summed E-state index contributed by atoms with van der Waals surface area (Å²) in [6.45, 7) is 1.95. The first-order valence-corrected chi connectivity index (χ1v) is 7.86. The van der Waals surface area contributed by atoms with Crippen molar-refractivity contribution in [1.82, 2.24) is 0 Å². The van der Waals surface area contributed by atoms with Gasteiger partial charge in [-0.25, -0.2) is 4.39 Å². The second-order valence-electron chi connectivity index (χ2n) is 6.08. The lowest BCUT2D eigenvalue weighted by atomic mass is 9.77. The van der Waals surface area contributed by atoms with Gasteiger partial charge in [0.1, 0.15) is 5.82 Å². The summed E-state index contributed by atoms with van der Waals surface area (Å²) in [7, 11) is 0. The van der Waals surface area contributed by atoms with Crippen molar-refractivity contribution in [3.8, 4) is 0 Å². The maximum absolute atomic E-state index is 14.1. The minimum atomic E-state index is -0.125. The Kier molecular flexibility index (Phi) is 3.70. The third kappa shape index (κ3) is 2.47. The van der Waals surface area contributed by atoms with Crippen LogP contribution in [0.2, 0.25) is 0 Å². The standard InChI is InChI=1S/C16H21ClFN/c17-12-13-4-3-5-14(18)15(13)19-10-8-16(9-11-19)6-1-2-7-16/h3-5H,1-2,6-12H2. The number of benzene rings is 1. The molecule has 1 nitrogen and oxygen atoms in total. The Hall–Kier alpha value is -0.760. The highest BCUT2D eigenvalue weighted by molar-refractivity contribution is 6.17. The first-order chi connectivity index (χ1) is 9.24. The monoisotopic (exact) mass is 281 g/mol. The first kappa shape index (κ1) is 13.2. The van der Waals surface area contributed by atoms with E-state index in [1.807, 2.05) is 6.07 Å². The van der Waals surface area contributed by atoms with Gasteiger partial charge in [0.15, 0.2) is 0 Å². The third-order valence-electron chi connectivity index (χ3n) is 5.02. The molecule has 19 heavy (non-hydrogen) atoms. The molecule has 3 heteroatoms. The first-order valence-electron chi connectivity index (χ1n) is 7.32. The molecule has 2 fully saturated rings. The van der Waals surface area contributed by atoms with Gasteiger partial charge in [-0.15, -0.1) is 11.6 Å². The van der Waals surface area contributed by atoms with Gasteiger partial charge in [-0.1, -0.05) is 25.0 Å². The van der Waals surface area contributed by atoms with Gasteiger partial charge < -0.3 is 4.90 Å². The molecule has 2 aliphatic rings. The molecular weight excluding hydrogens is 261 g/mol. The summed E-state index contributed by atoms with van der Waals surface area (Å²) >= 11 is 5.95. The molecule has 0 bridgehead atoms. The van der Waals surface area contributed by atoms with Crippen molar-refractivity contribution >= 4 is 17.3 Å². The molecule has 1 spiro atoms. The number of para-hydroxylation sites is 1. The van der Waals surface area contributed by atoms with Gasteiger partial charge in [-0.2, -0.15) is 0 Å². The quantitative estimate of drug-likeness (QED) is 0.709. The van der Waals surface area contributed by atoms with E-state index in [-0.39, 0.29) is 5.82 Å². The minimum absolute atomic E-state index is 0.125.